The molecule has 4 heteroatoms. The predicted molar refractivity (Wildman–Crippen MR) is 49.0 cm³/mol. The molecule has 4 nitrogen and oxygen atoms in total. The first-order chi connectivity index (χ1) is 5.52. The maximum atomic E-state index is 11.2. The molecule has 0 bridgehead atoms. The maximum Gasteiger partial charge on any atom is 0.289 e. The van der Waals surface area contributed by atoms with Crippen molar-refractivity contribution >= 4 is 5.69 Å². The molecule has 0 aliphatic rings. The standard InChI is InChI=1S/C8H15N3O/c1-5(2)4-6-7(9)8(12)11(3)10-6/h5,10H,4,9H2,1-3H3. The Bertz CT molecular complexity index is 322. The second kappa shape index (κ2) is 3.05. The van der Waals surface area contributed by atoms with E-state index in [0.29, 0.717) is 11.6 Å². The van der Waals surface area contributed by atoms with Gasteiger partial charge in [0.2, 0.25) is 0 Å². The number of hydrogen-bond donors (Lipinski definition) is 2. The molecule has 0 radical (unpaired) electrons. The monoisotopic (exact) mass is 169 g/mol. The lowest BCUT2D eigenvalue weighted by atomic mass is 10.1. The Morgan fingerprint density at radius 2 is 2.17 bits per heavy atom. The van der Waals surface area contributed by atoms with Crippen LogP contribution in [0.1, 0.15) is 19.5 Å². The summed E-state index contributed by atoms with van der Waals surface area (Å²) in [7, 11) is 1.67. The summed E-state index contributed by atoms with van der Waals surface area (Å²) in [6.07, 6.45) is 0.821. The van der Waals surface area contributed by atoms with Crippen molar-refractivity contribution in [1.29, 1.82) is 0 Å². The summed E-state index contributed by atoms with van der Waals surface area (Å²) >= 11 is 0. The molecule has 0 amide bonds. The van der Waals surface area contributed by atoms with Gasteiger partial charge in [-0.2, -0.15) is 0 Å². The van der Waals surface area contributed by atoms with Gasteiger partial charge in [0.15, 0.2) is 0 Å². The number of aryl methyl sites for hydroxylation is 1. The number of H-pyrrole nitrogens is 1. The van der Waals surface area contributed by atoms with Crippen LogP contribution in [-0.4, -0.2) is 9.78 Å². The van der Waals surface area contributed by atoms with Crippen molar-refractivity contribution in [1.82, 2.24) is 9.78 Å². The van der Waals surface area contributed by atoms with E-state index in [1.807, 2.05) is 0 Å². The van der Waals surface area contributed by atoms with Gasteiger partial charge in [0.05, 0.1) is 5.69 Å². The number of aromatic nitrogens is 2. The molecule has 1 heterocycles. The Hall–Kier alpha value is -1.19. The van der Waals surface area contributed by atoms with Crippen LogP contribution in [0.5, 0.6) is 0 Å². The number of nitrogens with two attached hydrogens (primary N) is 1. The van der Waals surface area contributed by atoms with Crippen LogP contribution in [0.15, 0.2) is 4.79 Å². The van der Waals surface area contributed by atoms with Gasteiger partial charge in [-0.15, -0.1) is 0 Å². The predicted octanol–water partition coefficient (Wildman–Crippen LogP) is 0.494. The Morgan fingerprint density at radius 1 is 1.58 bits per heavy atom. The third kappa shape index (κ3) is 1.52. The number of nitrogen functional groups attached to an aromatic ring is 1. The topological polar surface area (TPSA) is 63.8 Å². The quantitative estimate of drug-likeness (QED) is 0.677. The summed E-state index contributed by atoms with van der Waals surface area (Å²) in [5.74, 6) is 0.505. The first-order valence-electron chi connectivity index (χ1n) is 4.05. The van der Waals surface area contributed by atoms with Gasteiger partial charge in [-0.3, -0.25) is 14.6 Å². The molecule has 0 fully saturated rings. The van der Waals surface area contributed by atoms with Gasteiger partial charge in [-0.1, -0.05) is 13.8 Å². The van der Waals surface area contributed by atoms with Crippen LogP contribution >= 0.6 is 0 Å². The van der Waals surface area contributed by atoms with Crippen LogP contribution in [0.3, 0.4) is 0 Å². The average Bonchev–Trinajstić information content (AvgIpc) is 2.17. The van der Waals surface area contributed by atoms with Gasteiger partial charge < -0.3 is 5.73 Å². The number of hydrogen-bond acceptors (Lipinski definition) is 2. The van der Waals surface area contributed by atoms with E-state index in [0.717, 1.165) is 12.1 Å². The van der Waals surface area contributed by atoms with Gasteiger partial charge in [-0.25, -0.2) is 0 Å². The number of nitrogens with zero attached hydrogens (tertiary/aromatic N) is 1. The van der Waals surface area contributed by atoms with E-state index >= 15 is 0 Å². The van der Waals surface area contributed by atoms with Crippen LogP contribution < -0.4 is 11.3 Å². The molecule has 0 aliphatic heterocycles. The molecule has 0 saturated heterocycles. The molecule has 68 valence electrons. The average molecular weight is 169 g/mol. The van der Waals surface area contributed by atoms with E-state index in [-0.39, 0.29) is 5.56 Å². The van der Waals surface area contributed by atoms with E-state index in [9.17, 15) is 4.79 Å². The van der Waals surface area contributed by atoms with E-state index in [4.69, 9.17) is 5.73 Å². The Morgan fingerprint density at radius 3 is 2.50 bits per heavy atom. The van der Waals surface area contributed by atoms with Crippen molar-refractivity contribution in [2.45, 2.75) is 20.3 Å². The van der Waals surface area contributed by atoms with Gasteiger partial charge in [0.25, 0.3) is 5.56 Å². The van der Waals surface area contributed by atoms with E-state index < -0.39 is 0 Å². The van der Waals surface area contributed by atoms with Crippen molar-refractivity contribution in [2.24, 2.45) is 13.0 Å². The highest BCUT2D eigenvalue weighted by Gasteiger charge is 2.09. The Labute approximate surface area is 71.4 Å². The fourth-order valence-electron chi connectivity index (χ4n) is 1.19. The normalized spacial score (nSPS) is 11.0. The van der Waals surface area contributed by atoms with Crippen molar-refractivity contribution in [3.8, 4) is 0 Å². The zero-order valence-electron chi connectivity index (χ0n) is 7.72. The minimum Gasteiger partial charge on any atom is -0.393 e. The zero-order chi connectivity index (χ0) is 9.30. The van der Waals surface area contributed by atoms with Gasteiger partial charge in [0, 0.05) is 7.05 Å². The second-order valence-electron chi connectivity index (χ2n) is 3.47. The molecule has 12 heavy (non-hydrogen) atoms. The third-order valence-electron chi connectivity index (χ3n) is 1.78. The molecule has 0 atom stereocenters. The smallest absolute Gasteiger partial charge is 0.289 e. The van der Waals surface area contributed by atoms with Crippen molar-refractivity contribution in [3.63, 3.8) is 0 Å². The molecular weight excluding hydrogens is 154 g/mol. The molecule has 0 spiro atoms. The minimum absolute atomic E-state index is 0.134. The molecule has 3 N–H and O–H groups in total. The summed E-state index contributed by atoms with van der Waals surface area (Å²) < 4.78 is 1.41. The van der Waals surface area contributed by atoms with Crippen LogP contribution in [0.4, 0.5) is 5.69 Å². The molecule has 1 aromatic rings. The number of aromatic amines is 1. The van der Waals surface area contributed by atoms with E-state index in [2.05, 4.69) is 18.9 Å². The lowest BCUT2D eigenvalue weighted by Crippen LogP contribution is -2.14. The van der Waals surface area contributed by atoms with Crippen molar-refractivity contribution in [2.75, 3.05) is 5.73 Å². The van der Waals surface area contributed by atoms with Gasteiger partial charge in [0.1, 0.15) is 5.69 Å². The highest BCUT2D eigenvalue weighted by atomic mass is 16.1. The second-order valence-corrected chi connectivity index (χ2v) is 3.47. The lowest BCUT2D eigenvalue weighted by Gasteiger charge is -2.01. The number of anilines is 1. The van der Waals surface area contributed by atoms with E-state index in [1.54, 1.807) is 7.05 Å². The fourth-order valence-corrected chi connectivity index (χ4v) is 1.19. The highest BCUT2D eigenvalue weighted by Crippen LogP contribution is 2.08. The summed E-state index contributed by atoms with van der Waals surface area (Å²) in [5, 5.41) is 2.92. The van der Waals surface area contributed by atoms with Crippen LogP contribution in [-0.2, 0) is 13.5 Å². The summed E-state index contributed by atoms with van der Waals surface area (Å²) in [5.41, 5.74) is 6.65. The molecule has 1 rings (SSSR count). The first-order valence-corrected chi connectivity index (χ1v) is 4.05. The van der Waals surface area contributed by atoms with Gasteiger partial charge >= 0.3 is 0 Å². The molecule has 1 aromatic heterocycles. The maximum absolute atomic E-state index is 11.2. The first kappa shape index (κ1) is 8.90. The molecule has 0 aliphatic carbocycles. The summed E-state index contributed by atoms with van der Waals surface area (Å²) in [4.78, 5) is 11.2. The van der Waals surface area contributed by atoms with Crippen molar-refractivity contribution < 1.29 is 0 Å². The fraction of sp³-hybridized carbons (Fsp3) is 0.625. The number of rotatable bonds is 2. The molecule has 0 aromatic carbocycles. The van der Waals surface area contributed by atoms with Crippen LogP contribution in [0, 0.1) is 5.92 Å². The largest absolute Gasteiger partial charge is 0.393 e. The molecule has 0 saturated carbocycles. The minimum atomic E-state index is -0.134. The summed E-state index contributed by atoms with van der Waals surface area (Å²) in [6.45, 7) is 4.18. The Balaban J connectivity index is 3.02. The number of nitrogens with one attached hydrogen (secondary N) is 1. The van der Waals surface area contributed by atoms with E-state index in [1.165, 1.54) is 4.68 Å². The summed E-state index contributed by atoms with van der Waals surface area (Å²) in [6, 6.07) is 0. The molecule has 0 unspecified atom stereocenters. The lowest BCUT2D eigenvalue weighted by molar-refractivity contribution is 0.619. The third-order valence-corrected chi connectivity index (χ3v) is 1.78. The zero-order valence-corrected chi connectivity index (χ0v) is 7.72. The van der Waals surface area contributed by atoms with Gasteiger partial charge in [-0.05, 0) is 12.3 Å². The molecular formula is C8H15N3O. The van der Waals surface area contributed by atoms with Crippen LogP contribution in [0.25, 0.3) is 0 Å². The van der Waals surface area contributed by atoms with Crippen molar-refractivity contribution in [3.05, 3.63) is 16.0 Å². The van der Waals surface area contributed by atoms with Crippen LogP contribution in [0.2, 0.25) is 0 Å². The highest BCUT2D eigenvalue weighted by molar-refractivity contribution is 5.40. The SMILES string of the molecule is CC(C)Cc1[nH]n(C)c(=O)c1N. The Kier molecular flexibility index (Phi) is 2.26.